The van der Waals surface area contributed by atoms with Crippen LogP contribution >= 0.6 is 27.3 Å². The van der Waals surface area contributed by atoms with Crippen LogP contribution in [0.3, 0.4) is 0 Å². The van der Waals surface area contributed by atoms with Crippen molar-refractivity contribution < 1.29 is 14.7 Å². The number of hydrogen-bond acceptors (Lipinski definition) is 5. The Hall–Kier alpha value is -2.95. The summed E-state index contributed by atoms with van der Waals surface area (Å²) in [4.78, 5) is 21.9. The van der Waals surface area contributed by atoms with Gasteiger partial charge in [0.25, 0.3) is 0 Å². The zero-order valence-corrected chi connectivity index (χ0v) is 15.8. The zero-order chi connectivity index (χ0) is 19.1. The Morgan fingerprint density at radius 3 is 2.27 bits per heavy atom. The normalized spacial score (nSPS) is 9.54. The Labute approximate surface area is 162 Å². The molecule has 0 unspecified atom stereocenters. The molecule has 26 heavy (non-hydrogen) atoms. The van der Waals surface area contributed by atoms with Crippen LogP contribution in [0.15, 0.2) is 58.4 Å². The van der Waals surface area contributed by atoms with E-state index in [4.69, 9.17) is 16.1 Å². The zero-order valence-electron chi connectivity index (χ0n) is 13.3. The summed E-state index contributed by atoms with van der Waals surface area (Å²) in [5, 5.41) is 19.1. The average Bonchev–Trinajstić information content (AvgIpc) is 3.04. The number of nitrogen functional groups attached to an aromatic ring is 1. The van der Waals surface area contributed by atoms with Gasteiger partial charge in [0.15, 0.2) is 0 Å². The van der Waals surface area contributed by atoms with Crippen LogP contribution < -0.4 is 5.73 Å². The lowest BCUT2D eigenvalue weighted by Crippen LogP contribution is -2.00. The van der Waals surface area contributed by atoms with Crippen LogP contribution in [0.25, 0.3) is 10.4 Å². The van der Waals surface area contributed by atoms with Gasteiger partial charge in [-0.3, -0.25) is 4.79 Å². The molecule has 3 aromatic rings. The summed E-state index contributed by atoms with van der Waals surface area (Å²) in [6.45, 7) is 0. The molecule has 0 aliphatic carbocycles. The molecule has 0 amide bonds. The van der Waals surface area contributed by atoms with Crippen molar-refractivity contribution in [2.45, 2.75) is 0 Å². The molecule has 1 aromatic heterocycles. The number of anilines is 1. The molecule has 7 heteroatoms. The van der Waals surface area contributed by atoms with Crippen LogP contribution in [0, 0.1) is 11.3 Å². The number of halogens is 1. The molecule has 0 aliphatic rings. The van der Waals surface area contributed by atoms with Crippen molar-refractivity contribution >= 4 is 45.2 Å². The first-order chi connectivity index (χ1) is 12.5. The van der Waals surface area contributed by atoms with Crippen LogP contribution in [0.2, 0.25) is 0 Å². The Morgan fingerprint density at radius 1 is 1.15 bits per heavy atom. The Balaban J connectivity index is 0.000000209. The largest absolute Gasteiger partial charge is 0.478 e. The molecular weight excluding hydrogens is 416 g/mol. The second-order valence-electron chi connectivity index (χ2n) is 5.06. The van der Waals surface area contributed by atoms with E-state index in [9.17, 15) is 9.59 Å². The fourth-order valence-corrected chi connectivity index (χ4v) is 3.26. The number of carbonyl (C=O) groups is 2. The molecule has 0 spiro atoms. The summed E-state index contributed by atoms with van der Waals surface area (Å²) >= 11 is 4.68. The number of nitrogens with two attached hydrogens (primary N) is 1. The SMILES string of the molecule is N#Cc1ccc(C=O)cc1.Nc1csc(-c2ccc(Br)cc2)c1C(=O)O. The molecule has 0 fully saturated rings. The fourth-order valence-electron chi connectivity index (χ4n) is 2.04. The van der Waals surface area contributed by atoms with Crippen molar-refractivity contribution in [1.29, 1.82) is 5.26 Å². The van der Waals surface area contributed by atoms with Gasteiger partial charge in [-0.2, -0.15) is 5.26 Å². The highest BCUT2D eigenvalue weighted by atomic mass is 79.9. The molecule has 0 saturated carbocycles. The van der Waals surface area contributed by atoms with Gasteiger partial charge in [-0.05, 0) is 29.8 Å². The molecule has 5 nitrogen and oxygen atoms in total. The lowest BCUT2D eigenvalue weighted by atomic mass is 10.1. The number of nitriles is 1. The molecule has 0 bridgehead atoms. The molecule has 130 valence electrons. The standard InChI is InChI=1S/C11H8BrNO2S.C8H5NO/c12-7-3-1-6(2-4-7)10-9(11(14)15)8(13)5-16-10;9-5-7-1-3-8(6-10)4-2-7/h1-5H,13H2,(H,14,15);1-4,6H. The van der Waals surface area contributed by atoms with Crippen LogP contribution in [0.1, 0.15) is 26.3 Å². The molecule has 2 aromatic carbocycles. The Bertz CT molecular complexity index is 958. The summed E-state index contributed by atoms with van der Waals surface area (Å²) in [6, 6.07) is 15.9. The van der Waals surface area contributed by atoms with Crippen LogP contribution in [-0.4, -0.2) is 17.4 Å². The summed E-state index contributed by atoms with van der Waals surface area (Å²) in [7, 11) is 0. The summed E-state index contributed by atoms with van der Waals surface area (Å²) in [5.74, 6) is -0.989. The third-order valence-electron chi connectivity index (χ3n) is 3.32. The van der Waals surface area contributed by atoms with E-state index in [-0.39, 0.29) is 5.56 Å². The van der Waals surface area contributed by atoms with E-state index in [2.05, 4.69) is 15.9 Å². The van der Waals surface area contributed by atoms with Crippen molar-refractivity contribution in [2.75, 3.05) is 5.73 Å². The highest BCUT2D eigenvalue weighted by molar-refractivity contribution is 9.10. The Kier molecular flexibility index (Phi) is 6.67. The lowest BCUT2D eigenvalue weighted by Gasteiger charge is -2.01. The van der Waals surface area contributed by atoms with E-state index < -0.39 is 5.97 Å². The predicted molar refractivity (Wildman–Crippen MR) is 105 cm³/mol. The van der Waals surface area contributed by atoms with Gasteiger partial charge in [-0.25, -0.2) is 4.79 Å². The van der Waals surface area contributed by atoms with Crippen molar-refractivity contribution in [3.8, 4) is 16.5 Å². The molecule has 1 heterocycles. The number of rotatable bonds is 3. The van der Waals surface area contributed by atoms with Gasteiger partial charge in [-0.1, -0.05) is 40.2 Å². The van der Waals surface area contributed by atoms with E-state index in [1.807, 2.05) is 30.3 Å². The number of aldehydes is 1. The summed E-state index contributed by atoms with van der Waals surface area (Å²) < 4.78 is 0.956. The first kappa shape index (κ1) is 19.4. The van der Waals surface area contributed by atoms with Gasteiger partial charge < -0.3 is 10.8 Å². The van der Waals surface area contributed by atoms with E-state index >= 15 is 0 Å². The number of carboxylic acids is 1. The fraction of sp³-hybridized carbons (Fsp3) is 0. The molecule has 0 atom stereocenters. The lowest BCUT2D eigenvalue weighted by molar-refractivity contribution is 0.0699. The predicted octanol–water partition coefficient (Wildman–Crippen LogP) is 4.83. The third-order valence-corrected chi connectivity index (χ3v) is 4.89. The molecular formula is C19H13BrN2O3S. The molecule has 0 saturated heterocycles. The first-order valence-corrected chi connectivity index (χ1v) is 8.95. The number of hydrogen-bond donors (Lipinski definition) is 2. The minimum absolute atomic E-state index is 0.187. The van der Waals surface area contributed by atoms with Gasteiger partial charge in [0.2, 0.25) is 0 Å². The van der Waals surface area contributed by atoms with Gasteiger partial charge in [0, 0.05) is 15.4 Å². The maximum absolute atomic E-state index is 11.1. The molecule has 0 aliphatic heterocycles. The second-order valence-corrected chi connectivity index (χ2v) is 6.85. The summed E-state index contributed by atoms with van der Waals surface area (Å²) in [6.07, 6.45) is 0.751. The average molecular weight is 429 g/mol. The van der Waals surface area contributed by atoms with Crippen LogP contribution in [0.4, 0.5) is 5.69 Å². The van der Waals surface area contributed by atoms with Crippen LogP contribution in [0.5, 0.6) is 0 Å². The maximum Gasteiger partial charge on any atom is 0.339 e. The molecule has 0 radical (unpaired) electrons. The van der Waals surface area contributed by atoms with E-state index in [0.717, 1.165) is 16.3 Å². The Morgan fingerprint density at radius 2 is 1.77 bits per heavy atom. The van der Waals surface area contributed by atoms with Gasteiger partial charge >= 0.3 is 5.97 Å². The minimum Gasteiger partial charge on any atom is -0.478 e. The number of benzene rings is 2. The number of thiophene rings is 1. The topological polar surface area (TPSA) is 104 Å². The quantitative estimate of drug-likeness (QED) is 0.581. The highest BCUT2D eigenvalue weighted by Crippen LogP contribution is 2.34. The van der Waals surface area contributed by atoms with Crippen molar-refractivity contribution in [3.05, 3.63) is 75.1 Å². The second kappa shape index (κ2) is 8.94. The number of carbonyl (C=O) groups excluding carboxylic acids is 1. The van der Waals surface area contributed by atoms with Crippen molar-refractivity contribution in [1.82, 2.24) is 0 Å². The monoisotopic (exact) mass is 428 g/mol. The van der Waals surface area contributed by atoms with Crippen LogP contribution in [-0.2, 0) is 0 Å². The van der Waals surface area contributed by atoms with E-state index in [1.165, 1.54) is 11.3 Å². The van der Waals surface area contributed by atoms with Gasteiger partial charge in [0.1, 0.15) is 11.8 Å². The van der Waals surface area contributed by atoms with Crippen molar-refractivity contribution in [3.63, 3.8) is 0 Å². The highest BCUT2D eigenvalue weighted by Gasteiger charge is 2.17. The van der Waals surface area contributed by atoms with Crippen molar-refractivity contribution in [2.24, 2.45) is 0 Å². The smallest absolute Gasteiger partial charge is 0.339 e. The first-order valence-electron chi connectivity index (χ1n) is 7.27. The van der Waals surface area contributed by atoms with E-state index in [0.29, 0.717) is 21.7 Å². The van der Waals surface area contributed by atoms with Gasteiger partial charge in [-0.15, -0.1) is 11.3 Å². The molecule has 3 rings (SSSR count). The van der Waals surface area contributed by atoms with E-state index in [1.54, 1.807) is 29.6 Å². The number of aromatic carboxylic acids is 1. The maximum atomic E-state index is 11.1. The number of carboxylic acid groups (broad SMARTS) is 1. The third kappa shape index (κ3) is 4.79. The van der Waals surface area contributed by atoms with Gasteiger partial charge in [0.05, 0.1) is 22.2 Å². The minimum atomic E-state index is -0.989. The molecule has 3 N–H and O–H groups in total. The summed E-state index contributed by atoms with van der Waals surface area (Å²) in [5.41, 5.74) is 8.17. The number of nitrogens with zero attached hydrogens (tertiary/aromatic N) is 1.